The van der Waals surface area contributed by atoms with Gasteiger partial charge in [0.15, 0.2) is 0 Å². The molecule has 0 spiro atoms. The summed E-state index contributed by atoms with van der Waals surface area (Å²) in [5.74, 6) is 1.58. The summed E-state index contributed by atoms with van der Waals surface area (Å²) in [4.78, 5) is 2.72. The number of nitrogens with zero attached hydrogens (tertiary/aromatic N) is 1. The first-order valence-electron chi connectivity index (χ1n) is 8.80. The maximum Gasteiger partial charge on any atom is 0.0404 e. The molecule has 0 bridgehead atoms. The summed E-state index contributed by atoms with van der Waals surface area (Å²) in [5.41, 5.74) is 9.12. The average Bonchev–Trinajstić information content (AvgIpc) is 2.83. The third-order valence-electron chi connectivity index (χ3n) is 5.68. The number of benzene rings is 1. The van der Waals surface area contributed by atoms with Crippen LogP contribution in [-0.4, -0.2) is 18.6 Å². The number of fused-ring (bicyclic) bond motifs is 1. The SMILES string of the molecule is CCCC1CCC(CN)C(N2c3ccccc3CC2C)C1. The van der Waals surface area contributed by atoms with Gasteiger partial charge in [-0.05, 0) is 62.6 Å². The van der Waals surface area contributed by atoms with Gasteiger partial charge in [0.2, 0.25) is 0 Å². The highest BCUT2D eigenvalue weighted by Gasteiger charge is 2.38. The summed E-state index contributed by atoms with van der Waals surface area (Å²) in [7, 11) is 0. The van der Waals surface area contributed by atoms with Crippen molar-refractivity contribution < 1.29 is 0 Å². The molecule has 1 heterocycles. The summed E-state index contributed by atoms with van der Waals surface area (Å²) >= 11 is 0. The van der Waals surface area contributed by atoms with Crippen molar-refractivity contribution in [3.05, 3.63) is 29.8 Å². The molecule has 0 saturated heterocycles. The minimum Gasteiger partial charge on any atom is -0.365 e. The highest BCUT2D eigenvalue weighted by atomic mass is 15.2. The average molecular weight is 286 g/mol. The van der Waals surface area contributed by atoms with Gasteiger partial charge in [-0.1, -0.05) is 38.0 Å². The van der Waals surface area contributed by atoms with Gasteiger partial charge in [-0.3, -0.25) is 0 Å². The van der Waals surface area contributed by atoms with E-state index in [1.807, 2.05) is 0 Å². The number of hydrogen-bond acceptors (Lipinski definition) is 2. The van der Waals surface area contributed by atoms with Crippen LogP contribution in [0.15, 0.2) is 24.3 Å². The second-order valence-electron chi connectivity index (χ2n) is 7.12. The van der Waals surface area contributed by atoms with E-state index in [9.17, 15) is 0 Å². The van der Waals surface area contributed by atoms with E-state index in [4.69, 9.17) is 5.73 Å². The second kappa shape index (κ2) is 6.39. The third kappa shape index (κ3) is 2.83. The van der Waals surface area contributed by atoms with Gasteiger partial charge in [0.05, 0.1) is 0 Å². The Morgan fingerprint density at radius 1 is 1.24 bits per heavy atom. The largest absolute Gasteiger partial charge is 0.365 e. The van der Waals surface area contributed by atoms with Crippen LogP contribution in [0.4, 0.5) is 5.69 Å². The predicted octanol–water partition coefficient (Wildman–Crippen LogP) is 3.98. The minimum absolute atomic E-state index is 0.627. The van der Waals surface area contributed by atoms with Crippen molar-refractivity contribution in [3.63, 3.8) is 0 Å². The monoisotopic (exact) mass is 286 g/mol. The molecule has 2 heteroatoms. The Morgan fingerprint density at radius 2 is 2.05 bits per heavy atom. The molecule has 2 aliphatic rings. The first-order chi connectivity index (χ1) is 10.2. The van der Waals surface area contributed by atoms with Gasteiger partial charge in [-0.2, -0.15) is 0 Å². The Balaban J connectivity index is 1.85. The lowest BCUT2D eigenvalue weighted by Crippen LogP contribution is -2.49. The summed E-state index contributed by atoms with van der Waals surface area (Å²) in [6.07, 6.45) is 7.94. The van der Waals surface area contributed by atoms with Gasteiger partial charge < -0.3 is 10.6 Å². The highest BCUT2D eigenvalue weighted by Crippen LogP contribution is 2.41. The van der Waals surface area contributed by atoms with Crippen molar-refractivity contribution >= 4 is 5.69 Å². The van der Waals surface area contributed by atoms with Crippen molar-refractivity contribution in [1.29, 1.82) is 0 Å². The number of nitrogens with two attached hydrogens (primary N) is 1. The molecule has 3 rings (SSSR count). The minimum atomic E-state index is 0.627. The molecular weight excluding hydrogens is 256 g/mol. The fraction of sp³-hybridized carbons (Fsp3) is 0.684. The van der Waals surface area contributed by atoms with Crippen LogP contribution < -0.4 is 10.6 Å². The van der Waals surface area contributed by atoms with Gasteiger partial charge in [-0.25, -0.2) is 0 Å². The van der Waals surface area contributed by atoms with Gasteiger partial charge in [0.1, 0.15) is 0 Å². The third-order valence-corrected chi connectivity index (χ3v) is 5.68. The molecule has 2 nitrogen and oxygen atoms in total. The van der Waals surface area contributed by atoms with Gasteiger partial charge in [-0.15, -0.1) is 0 Å². The van der Waals surface area contributed by atoms with Crippen LogP contribution in [0.2, 0.25) is 0 Å². The maximum atomic E-state index is 6.12. The molecule has 4 unspecified atom stereocenters. The summed E-state index contributed by atoms with van der Waals surface area (Å²) < 4.78 is 0. The normalized spacial score (nSPS) is 32.2. The van der Waals surface area contributed by atoms with Crippen molar-refractivity contribution in [3.8, 4) is 0 Å². The van der Waals surface area contributed by atoms with E-state index in [0.29, 0.717) is 18.0 Å². The van der Waals surface area contributed by atoms with Crippen LogP contribution in [-0.2, 0) is 6.42 Å². The first kappa shape index (κ1) is 14.9. The van der Waals surface area contributed by atoms with E-state index in [2.05, 4.69) is 43.0 Å². The second-order valence-corrected chi connectivity index (χ2v) is 7.12. The van der Waals surface area contributed by atoms with Crippen molar-refractivity contribution in [2.24, 2.45) is 17.6 Å². The number of para-hydroxylation sites is 1. The fourth-order valence-electron chi connectivity index (χ4n) is 4.67. The summed E-state index contributed by atoms with van der Waals surface area (Å²) in [6, 6.07) is 10.3. The highest BCUT2D eigenvalue weighted by molar-refractivity contribution is 5.60. The quantitative estimate of drug-likeness (QED) is 0.907. The lowest BCUT2D eigenvalue weighted by atomic mass is 9.75. The van der Waals surface area contributed by atoms with E-state index in [0.717, 1.165) is 12.5 Å². The molecular formula is C19H30N2. The fourth-order valence-corrected chi connectivity index (χ4v) is 4.67. The molecule has 0 amide bonds. The van der Waals surface area contributed by atoms with Crippen LogP contribution >= 0.6 is 0 Å². The van der Waals surface area contributed by atoms with Crippen LogP contribution in [0.5, 0.6) is 0 Å². The zero-order chi connectivity index (χ0) is 14.8. The topological polar surface area (TPSA) is 29.3 Å². The van der Waals surface area contributed by atoms with Crippen molar-refractivity contribution in [2.75, 3.05) is 11.4 Å². The maximum absolute atomic E-state index is 6.12. The van der Waals surface area contributed by atoms with Gasteiger partial charge in [0, 0.05) is 17.8 Å². The van der Waals surface area contributed by atoms with Crippen LogP contribution in [0.1, 0.15) is 51.5 Å². The molecule has 1 aromatic carbocycles. The number of hydrogen-bond donors (Lipinski definition) is 1. The Morgan fingerprint density at radius 3 is 2.81 bits per heavy atom. The predicted molar refractivity (Wildman–Crippen MR) is 90.7 cm³/mol. The van der Waals surface area contributed by atoms with E-state index >= 15 is 0 Å². The lowest BCUT2D eigenvalue weighted by Gasteiger charge is -2.44. The molecule has 1 aromatic rings. The molecule has 21 heavy (non-hydrogen) atoms. The van der Waals surface area contributed by atoms with Crippen LogP contribution in [0.3, 0.4) is 0 Å². The van der Waals surface area contributed by atoms with E-state index < -0.39 is 0 Å². The zero-order valence-corrected chi connectivity index (χ0v) is 13.6. The Kier molecular flexibility index (Phi) is 4.54. The van der Waals surface area contributed by atoms with E-state index in [-0.39, 0.29) is 0 Å². The molecule has 4 atom stereocenters. The molecule has 0 aromatic heterocycles. The van der Waals surface area contributed by atoms with E-state index in [1.54, 1.807) is 0 Å². The Labute approximate surface area is 129 Å². The standard InChI is InChI=1S/C19H30N2/c1-3-6-15-9-10-17(13-20)19(12-15)21-14(2)11-16-7-4-5-8-18(16)21/h4-5,7-8,14-15,17,19H,3,6,9-13,20H2,1-2H3. The van der Waals surface area contributed by atoms with Gasteiger partial charge >= 0.3 is 0 Å². The lowest BCUT2D eigenvalue weighted by molar-refractivity contribution is 0.217. The van der Waals surface area contributed by atoms with Crippen LogP contribution in [0, 0.1) is 11.8 Å². The molecule has 1 saturated carbocycles. The summed E-state index contributed by atoms with van der Waals surface area (Å²) in [5, 5.41) is 0. The van der Waals surface area contributed by atoms with Crippen molar-refractivity contribution in [2.45, 2.75) is 64.5 Å². The first-order valence-corrected chi connectivity index (χ1v) is 8.80. The Bertz CT molecular complexity index is 470. The zero-order valence-electron chi connectivity index (χ0n) is 13.6. The van der Waals surface area contributed by atoms with Crippen molar-refractivity contribution in [1.82, 2.24) is 0 Å². The Hall–Kier alpha value is -1.02. The molecule has 1 aliphatic carbocycles. The smallest absolute Gasteiger partial charge is 0.0404 e. The summed E-state index contributed by atoms with van der Waals surface area (Å²) in [6.45, 7) is 5.55. The number of rotatable bonds is 4. The van der Waals surface area contributed by atoms with E-state index in [1.165, 1.54) is 49.8 Å². The van der Waals surface area contributed by atoms with Crippen LogP contribution in [0.25, 0.3) is 0 Å². The number of anilines is 1. The molecule has 0 radical (unpaired) electrons. The molecule has 116 valence electrons. The molecule has 1 aliphatic heterocycles. The molecule has 2 N–H and O–H groups in total. The molecule has 1 fully saturated rings. The van der Waals surface area contributed by atoms with Gasteiger partial charge in [0.25, 0.3) is 0 Å².